The number of aliphatic imine (C=N–C) groups is 1. The predicted molar refractivity (Wildman–Crippen MR) is 102 cm³/mol. The molecule has 3 N–H and O–H groups in total. The highest BCUT2D eigenvalue weighted by Gasteiger charge is 2.18. The molecule has 1 amide bonds. The van der Waals surface area contributed by atoms with E-state index in [0.717, 1.165) is 24.2 Å². The number of carboxylic acid groups (broad SMARTS) is 1. The van der Waals surface area contributed by atoms with Gasteiger partial charge in [-0.1, -0.05) is 13.8 Å². The molecule has 148 valence electrons. The lowest BCUT2D eigenvalue weighted by Crippen LogP contribution is -2.36. The predicted octanol–water partition coefficient (Wildman–Crippen LogP) is 2.94. The van der Waals surface area contributed by atoms with Crippen LogP contribution in [0.15, 0.2) is 28.1 Å². The van der Waals surface area contributed by atoms with Crippen LogP contribution >= 0.6 is 11.8 Å². The van der Waals surface area contributed by atoms with E-state index in [9.17, 15) is 19.7 Å². The van der Waals surface area contributed by atoms with Crippen molar-refractivity contribution >= 4 is 41.2 Å². The van der Waals surface area contributed by atoms with Gasteiger partial charge in [0.25, 0.3) is 5.69 Å². The Balaban J connectivity index is 3.16. The first-order chi connectivity index (χ1) is 12.8. The molecule has 27 heavy (non-hydrogen) atoms. The van der Waals surface area contributed by atoms with Crippen molar-refractivity contribution in [3.8, 4) is 0 Å². The summed E-state index contributed by atoms with van der Waals surface area (Å²) in [5, 5.41) is 25.2. The number of nitro groups is 1. The van der Waals surface area contributed by atoms with Gasteiger partial charge in [0.15, 0.2) is 0 Å². The molecule has 0 saturated carbocycles. The SMILES string of the molecule is CCCSc1ccc([N+](=O)[O-])c(N/C(=N/CC(C)C(=O)O)NC(=O)OC)c1. The number of amides is 1. The van der Waals surface area contributed by atoms with Crippen molar-refractivity contribution in [2.24, 2.45) is 10.9 Å². The Bertz CT molecular complexity index is 725. The maximum Gasteiger partial charge on any atom is 0.413 e. The number of guanidine groups is 1. The van der Waals surface area contributed by atoms with E-state index in [4.69, 9.17) is 5.11 Å². The van der Waals surface area contributed by atoms with E-state index >= 15 is 0 Å². The summed E-state index contributed by atoms with van der Waals surface area (Å²) in [6.45, 7) is 3.33. The van der Waals surface area contributed by atoms with Gasteiger partial charge >= 0.3 is 12.1 Å². The van der Waals surface area contributed by atoms with Gasteiger partial charge in [-0.3, -0.25) is 25.2 Å². The summed E-state index contributed by atoms with van der Waals surface area (Å²) in [6.07, 6.45) is 0.0945. The lowest BCUT2D eigenvalue weighted by molar-refractivity contribution is -0.383. The van der Waals surface area contributed by atoms with E-state index in [-0.39, 0.29) is 23.9 Å². The maximum absolute atomic E-state index is 11.5. The molecule has 0 spiro atoms. The van der Waals surface area contributed by atoms with E-state index in [1.165, 1.54) is 24.8 Å². The number of carbonyl (C=O) groups is 2. The minimum absolute atomic E-state index is 0.124. The molecule has 0 aromatic heterocycles. The van der Waals surface area contributed by atoms with Crippen molar-refractivity contribution in [2.75, 3.05) is 24.7 Å². The minimum atomic E-state index is -1.06. The molecule has 0 bridgehead atoms. The fraction of sp³-hybridized carbons (Fsp3) is 0.438. The molecule has 0 saturated heterocycles. The largest absolute Gasteiger partial charge is 0.481 e. The van der Waals surface area contributed by atoms with Gasteiger partial charge in [-0.05, 0) is 24.3 Å². The van der Waals surface area contributed by atoms with Crippen molar-refractivity contribution in [2.45, 2.75) is 25.2 Å². The molecule has 1 aromatic carbocycles. The summed E-state index contributed by atoms with van der Waals surface area (Å²) >= 11 is 1.53. The number of carbonyl (C=O) groups excluding carboxylic acids is 1. The Morgan fingerprint density at radius 1 is 1.44 bits per heavy atom. The number of hydrogen-bond acceptors (Lipinski definition) is 7. The number of benzene rings is 1. The van der Waals surface area contributed by atoms with Crippen molar-refractivity contribution in [3.05, 3.63) is 28.3 Å². The highest BCUT2D eigenvalue weighted by atomic mass is 32.2. The minimum Gasteiger partial charge on any atom is -0.481 e. The number of anilines is 1. The molecule has 0 aliphatic heterocycles. The van der Waals surface area contributed by atoms with Crippen molar-refractivity contribution in [3.63, 3.8) is 0 Å². The van der Waals surface area contributed by atoms with Crippen LogP contribution in [0.3, 0.4) is 0 Å². The molecular weight excluding hydrogens is 376 g/mol. The van der Waals surface area contributed by atoms with E-state index in [1.807, 2.05) is 6.92 Å². The van der Waals surface area contributed by atoms with Gasteiger partial charge in [-0.2, -0.15) is 0 Å². The van der Waals surface area contributed by atoms with Crippen LogP contribution in [0.5, 0.6) is 0 Å². The van der Waals surface area contributed by atoms with Crippen molar-refractivity contribution < 1.29 is 24.4 Å². The number of hydrogen-bond donors (Lipinski definition) is 3. The van der Waals surface area contributed by atoms with E-state index in [0.29, 0.717) is 0 Å². The number of nitrogens with zero attached hydrogens (tertiary/aromatic N) is 2. The highest BCUT2D eigenvalue weighted by Crippen LogP contribution is 2.30. The van der Waals surface area contributed by atoms with Gasteiger partial charge in [-0.15, -0.1) is 11.8 Å². The van der Waals surface area contributed by atoms with Crippen LogP contribution in [0, 0.1) is 16.0 Å². The molecule has 1 unspecified atom stereocenters. The summed E-state index contributed by atoms with van der Waals surface area (Å²) in [5.74, 6) is -1.16. The van der Waals surface area contributed by atoms with Crippen molar-refractivity contribution in [1.82, 2.24) is 5.32 Å². The lowest BCUT2D eigenvalue weighted by atomic mass is 10.2. The zero-order chi connectivity index (χ0) is 20.4. The number of rotatable bonds is 8. The van der Waals surface area contributed by atoms with Gasteiger partial charge in [0.2, 0.25) is 5.96 Å². The van der Waals surface area contributed by atoms with Crippen LogP contribution in [0.2, 0.25) is 0 Å². The Morgan fingerprint density at radius 3 is 2.70 bits per heavy atom. The van der Waals surface area contributed by atoms with Gasteiger partial charge in [0, 0.05) is 11.0 Å². The van der Waals surface area contributed by atoms with E-state index < -0.39 is 22.9 Å². The fourth-order valence-electron chi connectivity index (χ4n) is 1.78. The Labute approximate surface area is 160 Å². The molecule has 1 rings (SSSR count). The standard InChI is InChI=1S/C16H22N4O6S/c1-4-7-27-11-5-6-13(20(24)25)12(8-11)18-15(19-16(23)26-3)17-9-10(2)14(21)22/h5-6,8,10H,4,7,9H2,1-3H3,(H,21,22)(H2,17,18,19,23). The lowest BCUT2D eigenvalue weighted by Gasteiger charge is -2.13. The number of alkyl carbamates (subject to hydrolysis) is 1. The van der Waals surface area contributed by atoms with Gasteiger partial charge in [0.05, 0.1) is 24.5 Å². The molecule has 0 heterocycles. The molecule has 11 heteroatoms. The summed E-state index contributed by atoms with van der Waals surface area (Å²) in [4.78, 5) is 38.0. The second-order valence-corrected chi connectivity index (χ2v) is 6.62. The topological polar surface area (TPSA) is 143 Å². The molecule has 0 aliphatic carbocycles. The number of thioether (sulfide) groups is 1. The number of ether oxygens (including phenoxy) is 1. The second kappa shape index (κ2) is 11.0. The molecule has 1 aromatic rings. The third-order valence-electron chi connectivity index (χ3n) is 3.24. The average molecular weight is 398 g/mol. The summed E-state index contributed by atoms with van der Waals surface area (Å²) in [7, 11) is 1.15. The van der Waals surface area contributed by atoms with Crippen LogP contribution in [-0.4, -0.2) is 47.5 Å². The summed E-state index contributed by atoms with van der Waals surface area (Å²) in [6, 6.07) is 4.57. The Kier molecular flexibility index (Phi) is 9.06. The van der Waals surface area contributed by atoms with Crippen molar-refractivity contribution in [1.29, 1.82) is 0 Å². The van der Waals surface area contributed by atoms with Gasteiger partial charge < -0.3 is 15.2 Å². The monoisotopic (exact) mass is 398 g/mol. The van der Waals surface area contributed by atoms with Crippen LogP contribution in [0.25, 0.3) is 0 Å². The van der Waals surface area contributed by atoms with E-state index in [1.54, 1.807) is 12.1 Å². The second-order valence-electron chi connectivity index (χ2n) is 5.45. The summed E-state index contributed by atoms with van der Waals surface area (Å²) < 4.78 is 4.50. The molecular formula is C16H22N4O6S. The quantitative estimate of drug-likeness (QED) is 0.199. The number of nitrogens with one attached hydrogen (secondary N) is 2. The smallest absolute Gasteiger partial charge is 0.413 e. The van der Waals surface area contributed by atoms with Crippen LogP contribution in [-0.2, 0) is 9.53 Å². The molecule has 1 atom stereocenters. The Morgan fingerprint density at radius 2 is 2.15 bits per heavy atom. The number of nitro benzene ring substituents is 1. The van der Waals surface area contributed by atoms with Gasteiger partial charge in [-0.25, -0.2) is 4.79 Å². The zero-order valence-electron chi connectivity index (χ0n) is 15.2. The molecule has 0 aliphatic rings. The third-order valence-corrected chi connectivity index (χ3v) is 4.44. The van der Waals surface area contributed by atoms with Crippen LogP contribution in [0.1, 0.15) is 20.3 Å². The Hall–Kier alpha value is -2.82. The number of methoxy groups -OCH3 is 1. The normalized spacial score (nSPS) is 12.2. The number of aliphatic carboxylic acids is 1. The highest BCUT2D eigenvalue weighted by molar-refractivity contribution is 7.99. The van der Waals surface area contributed by atoms with Gasteiger partial charge in [0.1, 0.15) is 5.69 Å². The first-order valence-electron chi connectivity index (χ1n) is 8.09. The van der Waals surface area contributed by atoms with Crippen LogP contribution < -0.4 is 10.6 Å². The summed E-state index contributed by atoms with van der Waals surface area (Å²) in [5.41, 5.74) is -0.0827. The third kappa shape index (κ3) is 7.52. The van der Waals surface area contributed by atoms with Crippen LogP contribution in [0.4, 0.5) is 16.2 Å². The number of carboxylic acids is 1. The fourth-order valence-corrected chi connectivity index (χ4v) is 2.58. The van der Waals surface area contributed by atoms with E-state index in [2.05, 4.69) is 20.4 Å². The molecule has 10 nitrogen and oxygen atoms in total. The average Bonchev–Trinajstić information content (AvgIpc) is 2.63. The first-order valence-corrected chi connectivity index (χ1v) is 9.07. The maximum atomic E-state index is 11.5. The molecule has 0 fully saturated rings. The zero-order valence-corrected chi connectivity index (χ0v) is 16.0. The first kappa shape index (κ1) is 22.2. The molecule has 0 radical (unpaired) electrons.